The molecule has 1 fully saturated rings. The molecule has 1 aromatic heterocycles. The largest absolute Gasteiger partial charge is 0.337 e. The van der Waals surface area contributed by atoms with E-state index in [-0.39, 0.29) is 12.1 Å². The highest BCUT2D eigenvalue weighted by Gasteiger charge is 2.23. The third-order valence-electron chi connectivity index (χ3n) is 5.38. The molecule has 0 bridgehead atoms. The van der Waals surface area contributed by atoms with Crippen LogP contribution in [-0.4, -0.2) is 51.6 Å². The molecule has 0 saturated carbocycles. The molecule has 6 nitrogen and oxygen atoms in total. The first-order chi connectivity index (χ1) is 13.2. The van der Waals surface area contributed by atoms with Crippen molar-refractivity contribution in [1.29, 1.82) is 0 Å². The van der Waals surface area contributed by atoms with E-state index in [1.807, 2.05) is 30.8 Å². The highest BCUT2D eigenvalue weighted by molar-refractivity contribution is 5.74. The Morgan fingerprint density at radius 1 is 1.22 bits per heavy atom. The molecule has 0 radical (unpaired) electrons. The first kappa shape index (κ1) is 19.4. The normalized spacial score (nSPS) is 16.1. The van der Waals surface area contributed by atoms with Gasteiger partial charge in [0.05, 0.1) is 12.6 Å². The van der Waals surface area contributed by atoms with Crippen molar-refractivity contribution in [3.63, 3.8) is 0 Å². The zero-order valence-electron chi connectivity index (χ0n) is 16.5. The van der Waals surface area contributed by atoms with Gasteiger partial charge in [-0.1, -0.05) is 36.8 Å². The Morgan fingerprint density at radius 3 is 2.59 bits per heavy atom. The Bertz CT molecular complexity index is 708. The van der Waals surface area contributed by atoms with Gasteiger partial charge in [0.1, 0.15) is 5.82 Å². The molecule has 1 aliphatic rings. The van der Waals surface area contributed by atoms with Crippen LogP contribution < -0.4 is 5.32 Å². The van der Waals surface area contributed by atoms with Crippen LogP contribution in [0.4, 0.5) is 4.79 Å². The van der Waals surface area contributed by atoms with Crippen LogP contribution in [0, 0.1) is 0 Å². The van der Waals surface area contributed by atoms with E-state index in [9.17, 15) is 4.79 Å². The quantitative estimate of drug-likeness (QED) is 0.816. The van der Waals surface area contributed by atoms with Crippen molar-refractivity contribution in [2.24, 2.45) is 7.05 Å². The number of nitrogens with zero attached hydrogens (tertiary/aromatic N) is 4. The zero-order chi connectivity index (χ0) is 19.1. The van der Waals surface area contributed by atoms with Gasteiger partial charge >= 0.3 is 6.03 Å². The molecule has 2 aromatic rings. The minimum atomic E-state index is -0.0292. The predicted octanol–water partition coefficient (Wildman–Crippen LogP) is 3.18. The molecule has 0 spiro atoms. The van der Waals surface area contributed by atoms with E-state index < -0.39 is 0 Å². The molecule has 146 valence electrons. The predicted molar refractivity (Wildman–Crippen MR) is 107 cm³/mol. The van der Waals surface area contributed by atoms with Crippen LogP contribution in [0.5, 0.6) is 0 Å². The lowest BCUT2D eigenvalue weighted by Gasteiger charge is -2.35. The molecule has 1 aliphatic heterocycles. The highest BCUT2D eigenvalue weighted by Crippen LogP contribution is 2.24. The number of benzene rings is 1. The number of carbonyl (C=O) groups is 1. The van der Waals surface area contributed by atoms with E-state index in [4.69, 9.17) is 0 Å². The van der Waals surface area contributed by atoms with Gasteiger partial charge in [-0.3, -0.25) is 4.90 Å². The van der Waals surface area contributed by atoms with Gasteiger partial charge in [-0.05, 0) is 38.4 Å². The van der Waals surface area contributed by atoms with E-state index >= 15 is 0 Å². The molecule has 0 aliphatic carbocycles. The third kappa shape index (κ3) is 5.10. The number of piperidine rings is 1. The van der Waals surface area contributed by atoms with Crippen LogP contribution in [-0.2, 0) is 13.6 Å². The van der Waals surface area contributed by atoms with Crippen molar-refractivity contribution in [3.05, 3.63) is 54.1 Å². The number of aryl methyl sites for hydroxylation is 1. The first-order valence-corrected chi connectivity index (χ1v) is 9.97. The second-order valence-electron chi connectivity index (χ2n) is 7.18. The maximum Gasteiger partial charge on any atom is 0.317 e. The van der Waals surface area contributed by atoms with E-state index in [0.29, 0.717) is 19.6 Å². The van der Waals surface area contributed by atoms with E-state index in [0.717, 1.165) is 18.9 Å². The Balaban J connectivity index is 1.64. The lowest BCUT2D eigenvalue weighted by atomic mass is 10.0. The molecule has 1 saturated heterocycles. The average molecular weight is 370 g/mol. The van der Waals surface area contributed by atoms with Crippen molar-refractivity contribution in [1.82, 2.24) is 24.7 Å². The summed E-state index contributed by atoms with van der Waals surface area (Å²) < 4.78 is 1.95. The Kier molecular flexibility index (Phi) is 6.87. The van der Waals surface area contributed by atoms with Crippen LogP contribution in [0.2, 0.25) is 0 Å². The number of likely N-dealkylation sites (tertiary alicyclic amines) is 1. The van der Waals surface area contributed by atoms with Gasteiger partial charge < -0.3 is 14.8 Å². The summed E-state index contributed by atoms with van der Waals surface area (Å²) in [6.07, 6.45) is 7.44. The number of nitrogens with one attached hydrogen (secondary N) is 1. The number of rotatable bonds is 7. The summed E-state index contributed by atoms with van der Waals surface area (Å²) in [6, 6.07) is 10.7. The number of urea groups is 1. The molecule has 1 atom stereocenters. The van der Waals surface area contributed by atoms with Gasteiger partial charge in [-0.15, -0.1) is 0 Å². The van der Waals surface area contributed by atoms with Crippen LogP contribution in [0.25, 0.3) is 0 Å². The number of hydrogen-bond acceptors (Lipinski definition) is 3. The van der Waals surface area contributed by atoms with E-state index in [1.54, 1.807) is 11.1 Å². The Morgan fingerprint density at radius 2 is 1.96 bits per heavy atom. The summed E-state index contributed by atoms with van der Waals surface area (Å²) in [5, 5.41) is 3.17. The van der Waals surface area contributed by atoms with E-state index in [1.165, 1.54) is 24.8 Å². The molecule has 1 unspecified atom stereocenters. The zero-order valence-corrected chi connectivity index (χ0v) is 16.5. The molecular formula is C21H31N5O. The monoisotopic (exact) mass is 369 g/mol. The fourth-order valence-electron chi connectivity index (χ4n) is 3.71. The minimum absolute atomic E-state index is 0.0292. The van der Waals surface area contributed by atoms with Gasteiger partial charge in [0.2, 0.25) is 0 Å². The lowest BCUT2D eigenvalue weighted by Crippen LogP contribution is -2.45. The molecule has 1 N–H and O–H groups in total. The fourth-order valence-corrected chi connectivity index (χ4v) is 3.71. The summed E-state index contributed by atoms with van der Waals surface area (Å²) >= 11 is 0. The maximum absolute atomic E-state index is 12.8. The first-order valence-electron chi connectivity index (χ1n) is 9.97. The van der Waals surface area contributed by atoms with Gasteiger partial charge in [0.25, 0.3) is 0 Å². The topological polar surface area (TPSA) is 53.4 Å². The van der Waals surface area contributed by atoms with Crippen LogP contribution >= 0.6 is 0 Å². The van der Waals surface area contributed by atoms with Crippen molar-refractivity contribution < 1.29 is 4.79 Å². The van der Waals surface area contributed by atoms with Gasteiger partial charge in [0.15, 0.2) is 0 Å². The number of aromatic nitrogens is 2. The number of amides is 2. The van der Waals surface area contributed by atoms with Gasteiger partial charge in [0, 0.05) is 32.5 Å². The molecule has 1 aromatic carbocycles. The molecule has 2 amide bonds. The summed E-state index contributed by atoms with van der Waals surface area (Å²) in [6.45, 7) is 5.99. The van der Waals surface area contributed by atoms with E-state index in [2.05, 4.69) is 39.5 Å². The maximum atomic E-state index is 12.8. The Labute approximate surface area is 162 Å². The van der Waals surface area contributed by atoms with Crippen molar-refractivity contribution in [2.75, 3.05) is 26.2 Å². The summed E-state index contributed by atoms with van der Waals surface area (Å²) in [5.74, 6) is 0.891. The summed E-state index contributed by atoms with van der Waals surface area (Å²) in [4.78, 5) is 21.4. The van der Waals surface area contributed by atoms with Crippen LogP contribution in [0.1, 0.15) is 43.6 Å². The number of hydrogen-bond donors (Lipinski definition) is 1. The molecule has 2 heterocycles. The minimum Gasteiger partial charge on any atom is -0.337 e. The summed E-state index contributed by atoms with van der Waals surface area (Å²) in [7, 11) is 1.95. The van der Waals surface area contributed by atoms with Crippen LogP contribution in [0.3, 0.4) is 0 Å². The van der Waals surface area contributed by atoms with Crippen LogP contribution in [0.15, 0.2) is 42.7 Å². The fraction of sp³-hybridized carbons (Fsp3) is 0.524. The van der Waals surface area contributed by atoms with Gasteiger partial charge in [-0.25, -0.2) is 9.78 Å². The second-order valence-corrected chi connectivity index (χ2v) is 7.18. The second kappa shape index (κ2) is 9.55. The van der Waals surface area contributed by atoms with Crippen molar-refractivity contribution in [2.45, 2.75) is 38.8 Å². The smallest absolute Gasteiger partial charge is 0.317 e. The number of imidazole rings is 1. The third-order valence-corrected chi connectivity index (χ3v) is 5.38. The van der Waals surface area contributed by atoms with Gasteiger partial charge in [-0.2, -0.15) is 0 Å². The average Bonchev–Trinajstić information content (AvgIpc) is 3.12. The summed E-state index contributed by atoms with van der Waals surface area (Å²) in [5.41, 5.74) is 1.27. The SMILES string of the molecule is CCN(Cc1nccn1C)C(=O)NCC(c1ccccc1)N1CCCCC1. The lowest BCUT2D eigenvalue weighted by molar-refractivity contribution is 0.154. The molecule has 6 heteroatoms. The van der Waals surface area contributed by atoms with Crippen molar-refractivity contribution >= 4 is 6.03 Å². The molecule has 3 rings (SSSR count). The highest BCUT2D eigenvalue weighted by atomic mass is 16.2. The standard InChI is InChI=1S/C21H31N5O/c1-3-25(17-20-22-12-15-24(20)2)21(27)23-16-19(18-10-6-4-7-11-18)26-13-8-5-9-14-26/h4,6-7,10-12,15,19H,3,5,8-9,13-14,16-17H2,1-2H3,(H,23,27). The van der Waals surface area contributed by atoms with Crippen molar-refractivity contribution in [3.8, 4) is 0 Å². The Hall–Kier alpha value is -2.34. The molecule has 27 heavy (non-hydrogen) atoms. The molecular weight excluding hydrogens is 338 g/mol. The number of carbonyl (C=O) groups excluding carboxylic acids is 1.